The number of carbonyl (C=O) groups excluding carboxylic acids is 4. The minimum atomic E-state index is -1.31. The second-order valence-corrected chi connectivity index (χ2v) is 8.13. The Kier molecular flexibility index (Phi) is 11.9. The van der Waals surface area contributed by atoms with E-state index in [1.165, 1.54) is 11.8 Å². The van der Waals surface area contributed by atoms with Gasteiger partial charge in [-0.1, -0.05) is 0 Å². The molecular formula is C18H31N5O7S. The maximum atomic E-state index is 12.6. The van der Waals surface area contributed by atoms with Crippen molar-refractivity contribution in [2.75, 3.05) is 25.2 Å². The number of hydrogen-bond acceptors (Lipinski definition) is 8. The number of nitrogens with one attached hydrogen (secondary N) is 4. The van der Waals surface area contributed by atoms with Crippen LogP contribution >= 0.6 is 11.8 Å². The molecule has 4 amide bonds. The van der Waals surface area contributed by atoms with Gasteiger partial charge in [0.2, 0.25) is 23.6 Å². The van der Waals surface area contributed by atoms with Gasteiger partial charge in [0.25, 0.3) is 0 Å². The van der Waals surface area contributed by atoms with Gasteiger partial charge in [0.1, 0.15) is 18.1 Å². The lowest BCUT2D eigenvalue weighted by Crippen LogP contribution is -2.58. The molecular weight excluding hydrogens is 430 g/mol. The van der Waals surface area contributed by atoms with E-state index in [9.17, 15) is 34.2 Å². The smallest absolute Gasteiger partial charge is 0.326 e. The van der Waals surface area contributed by atoms with Gasteiger partial charge in [0, 0.05) is 6.42 Å². The van der Waals surface area contributed by atoms with Crippen LogP contribution in [0.2, 0.25) is 0 Å². The Labute approximate surface area is 184 Å². The largest absolute Gasteiger partial charge is 0.480 e. The zero-order valence-corrected chi connectivity index (χ0v) is 18.2. The first-order valence-electron chi connectivity index (χ1n) is 9.95. The van der Waals surface area contributed by atoms with Crippen LogP contribution in [0, 0.1) is 0 Å². The van der Waals surface area contributed by atoms with E-state index >= 15 is 0 Å². The molecule has 0 aromatic heterocycles. The van der Waals surface area contributed by atoms with E-state index in [2.05, 4.69) is 21.3 Å². The summed E-state index contributed by atoms with van der Waals surface area (Å²) in [5.41, 5.74) is 5.12. The van der Waals surface area contributed by atoms with E-state index in [0.29, 0.717) is 18.7 Å². The quantitative estimate of drug-likeness (QED) is 0.144. The van der Waals surface area contributed by atoms with Crippen LogP contribution in [0.15, 0.2) is 0 Å². The van der Waals surface area contributed by atoms with E-state index in [1.807, 2.05) is 0 Å². The molecule has 8 N–H and O–H groups in total. The van der Waals surface area contributed by atoms with Crippen LogP contribution in [0.1, 0.15) is 32.1 Å². The number of aliphatic hydroxyl groups is 1. The molecule has 0 aliphatic carbocycles. The van der Waals surface area contributed by atoms with Crippen LogP contribution < -0.4 is 27.0 Å². The number of amides is 4. The van der Waals surface area contributed by atoms with E-state index in [-0.39, 0.29) is 19.3 Å². The highest BCUT2D eigenvalue weighted by atomic mass is 32.2. The molecule has 1 aliphatic rings. The number of nitrogens with two attached hydrogens (primary N) is 1. The topological polar surface area (TPSA) is 200 Å². The second kappa shape index (κ2) is 13.8. The molecule has 0 radical (unpaired) electrons. The van der Waals surface area contributed by atoms with Crippen LogP contribution in [-0.4, -0.2) is 89.1 Å². The average molecular weight is 462 g/mol. The number of hydrogen-bond donors (Lipinski definition) is 7. The lowest BCUT2D eigenvalue weighted by Gasteiger charge is -2.24. The third-order valence-corrected chi connectivity index (χ3v) is 5.37. The molecule has 1 heterocycles. The van der Waals surface area contributed by atoms with Gasteiger partial charge in [-0.05, 0) is 44.2 Å². The SMILES string of the molecule is CSCCC(NC(=O)C(CCC(N)=O)NC(=O)C(CO)NC(=O)C1CCCN1)C(=O)O. The number of thioether (sulfide) groups is 1. The van der Waals surface area contributed by atoms with Gasteiger partial charge >= 0.3 is 5.97 Å². The predicted octanol–water partition coefficient (Wildman–Crippen LogP) is -2.71. The fraction of sp³-hybridized carbons (Fsp3) is 0.722. The van der Waals surface area contributed by atoms with Crippen LogP contribution in [-0.2, 0) is 24.0 Å². The van der Waals surface area contributed by atoms with Crippen molar-refractivity contribution in [1.82, 2.24) is 21.3 Å². The highest BCUT2D eigenvalue weighted by Gasteiger charge is 2.31. The number of aliphatic hydroxyl groups excluding tert-OH is 1. The highest BCUT2D eigenvalue weighted by Crippen LogP contribution is 2.06. The molecule has 31 heavy (non-hydrogen) atoms. The van der Waals surface area contributed by atoms with Crippen molar-refractivity contribution in [2.24, 2.45) is 5.73 Å². The van der Waals surface area contributed by atoms with E-state index in [0.717, 1.165) is 6.42 Å². The monoisotopic (exact) mass is 461 g/mol. The summed E-state index contributed by atoms with van der Waals surface area (Å²) < 4.78 is 0. The Hall–Kier alpha value is -2.38. The Bertz CT molecular complexity index is 657. The standard InChI is InChI=1S/C18H31N5O7S/c1-31-8-6-12(18(29)30)22-16(27)11(4-5-14(19)25)21-17(28)13(9-24)23-15(26)10-3-2-7-20-10/h10-13,20,24H,2-9H2,1H3,(H2,19,25)(H,21,28)(H,22,27)(H,23,26)(H,29,30). The molecule has 0 aromatic rings. The molecule has 0 aromatic carbocycles. The molecule has 0 spiro atoms. The fourth-order valence-corrected chi connectivity index (χ4v) is 3.44. The number of primary amides is 1. The molecule has 1 saturated heterocycles. The number of carboxylic acids is 1. The number of rotatable bonds is 14. The summed E-state index contributed by atoms with van der Waals surface area (Å²) in [6.45, 7) is -0.0371. The summed E-state index contributed by atoms with van der Waals surface area (Å²) in [6.07, 6.45) is 2.97. The van der Waals surface area contributed by atoms with Crippen LogP contribution in [0.25, 0.3) is 0 Å². The maximum Gasteiger partial charge on any atom is 0.326 e. The molecule has 0 bridgehead atoms. The van der Waals surface area contributed by atoms with E-state index < -0.39 is 60.4 Å². The summed E-state index contributed by atoms with van der Waals surface area (Å²) in [6, 6.07) is -4.23. The van der Waals surface area contributed by atoms with Crippen LogP contribution in [0.5, 0.6) is 0 Å². The van der Waals surface area contributed by atoms with Gasteiger partial charge in [-0.15, -0.1) is 0 Å². The summed E-state index contributed by atoms with van der Waals surface area (Å²) in [5, 5.41) is 28.9. The Morgan fingerprint density at radius 2 is 1.71 bits per heavy atom. The lowest BCUT2D eigenvalue weighted by molar-refractivity contribution is -0.142. The first kappa shape index (κ1) is 26.7. The molecule has 0 saturated carbocycles. The van der Waals surface area contributed by atoms with Crippen molar-refractivity contribution >= 4 is 41.4 Å². The van der Waals surface area contributed by atoms with Crippen molar-refractivity contribution in [3.05, 3.63) is 0 Å². The Morgan fingerprint density at radius 1 is 1.06 bits per heavy atom. The van der Waals surface area contributed by atoms with E-state index in [1.54, 1.807) is 6.26 Å². The molecule has 1 aliphatic heterocycles. The first-order valence-corrected chi connectivity index (χ1v) is 11.3. The minimum Gasteiger partial charge on any atom is -0.480 e. The fourth-order valence-electron chi connectivity index (χ4n) is 2.97. The second-order valence-electron chi connectivity index (χ2n) is 7.14. The molecule has 13 heteroatoms. The zero-order valence-electron chi connectivity index (χ0n) is 17.4. The molecule has 12 nitrogen and oxygen atoms in total. The van der Waals surface area contributed by atoms with Crippen molar-refractivity contribution in [1.29, 1.82) is 0 Å². The van der Waals surface area contributed by atoms with Crippen molar-refractivity contribution in [3.63, 3.8) is 0 Å². The highest BCUT2D eigenvalue weighted by molar-refractivity contribution is 7.98. The lowest BCUT2D eigenvalue weighted by atomic mass is 10.1. The Balaban J connectivity index is 2.81. The molecule has 1 rings (SSSR count). The first-order chi connectivity index (χ1) is 14.7. The summed E-state index contributed by atoms with van der Waals surface area (Å²) in [5.74, 6) is -3.54. The Morgan fingerprint density at radius 3 is 2.23 bits per heavy atom. The van der Waals surface area contributed by atoms with Gasteiger partial charge in [0.15, 0.2) is 0 Å². The zero-order chi connectivity index (χ0) is 23.4. The van der Waals surface area contributed by atoms with E-state index in [4.69, 9.17) is 5.73 Å². The molecule has 4 atom stereocenters. The van der Waals surface area contributed by atoms with Crippen LogP contribution in [0.4, 0.5) is 0 Å². The summed E-state index contributed by atoms with van der Waals surface area (Å²) >= 11 is 1.41. The third kappa shape index (κ3) is 9.53. The number of carboxylic acid groups (broad SMARTS) is 1. The van der Waals surface area contributed by atoms with Gasteiger partial charge in [-0.3, -0.25) is 19.2 Å². The van der Waals surface area contributed by atoms with Gasteiger partial charge in [0.05, 0.1) is 12.6 Å². The normalized spacial score (nSPS) is 18.5. The molecule has 176 valence electrons. The van der Waals surface area contributed by atoms with Gasteiger partial charge in [-0.2, -0.15) is 11.8 Å². The van der Waals surface area contributed by atoms with Crippen molar-refractivity contribution in [2.45, 2.75) is 56.3 Å². The molecule has 1 fully saturated rings. The molecule has 4 unspecified atom stereocenters. The average Bonchev–Trinajstić information content (AvgIpc) is 3.26. The van der Waals surface area contributed by atoms with Crippen molar-refractivity contribution < 1.29 is 34.2 Å². The summed E-state index contributed by atoms with van der Waals surface area (Å²) in [7, 11) is 0. The maximum absolute atomic E-state index is 12.6. The van der Waals surface area contributed by atoms with Crippen LogP contribution in [0.3, 0.4) is 0 Å². The minimum absolute atomic E-state index is 0.169. The van der Waals surface area contributed by atoms with Gasteiger partial charge in [-0.25, -0.2) is 4.79 Å². The summed E-state index contributed by atoms with van der Waals surface area (Å²) in [4.78, 5) is 59.9. The van der Waals surface area contributed by atoms with Crippen molar-refractivity contribution in [3.8, 4) is 0 Å². The van der Waals surface area contributed by atoms with Gasteiger partial charge < -0.3 is 37.2 Å². The third-order valence-electron chi connectivity index (χ3n) is 4.73. The number of aliphatic carboxylic acids is 1. The predicted molar refractivity (Wildman–Crippen MR) is 113 cm³/mol. The number of carbonyl (C=O) groups is 5.